The monoisotopic (exact) mass is 380 g/mol. The maximum atomic E-state index is 11.9. The van der Waals surface area contributed by atoms with Crippen LogP contribution in [0.5, 0.6) is 5.75 Å². The molecular formula is C18H18Cl2N2O3. The van der Waals surface area contributed by atoms with Crippen LogP contribution < -0.4 is 15.4 Å². The average molecular weight is 381 g/mol. The second-order valence-corrected chi connectivity index (χ2v) is 6.35. The van der Waals surface area contributed by atoms with Gasteiger partial charge in [0.25, 0.3) is 5.91 Å². The molecule has 0 saturated carbocycles. The van der Waals surface area contributed by atoms with Crippen LogP contribution in [0.1, 0.15) is 11.1 Å². The van der Waals surface area contributed by atoms with Gasteiger partial charge in [0.05, 0.1) is 17.3 Å². The van der Waals surface area contributed by atoms with Crippen molar-refractivity contribution in [3.05, 3.63) is 57.6 Å². The first-order chi connectivity index (χ1) is 11.8. The average Bonchev–Trinajstić information content (AvgIpc) is 2.57. The minimum Gasteiger partial charge on any atom is -0.483 e. The maximum Gasteiger partial charge on any atom is 0.258 e. The summed E-state index contributed by atoms with van der Waals surface area (Å²) in [5, 5.41) is 5.89. The van der Waals surface area contributed by atoms with Crippen LogP contribution in [0.15, 0.2) is 36.4 Å². The molecule has 2 aromatic carbocycles. The van der Waals surface area contributed by atoms with Gasteiger partial charge < -0.3 is 15.4 Å². The molecule has 7 heteroatoms. The van der Waals surface area contributed by atoms with Crippen molar-refractivity contribution in [1.29, 1.82) is 0 Å². The quantitative estimate of drug-likeness (QED) is 0.801. The van der Waals surface area contributed by atoms with Gasteiger partial charge in [-0.05, 0) is 49.2 Å². The van der Waals surface area contributed by atoms with E-state index in [1.165, 1.54) is 6.07 Å². The van der Waals surface area contributed by atoms with Crippen LogP contribution in [0.4, 0.5) is 5.69 Å². The minimum absolute atomic E-state index is 0.171. The molecule has 2 N–H and O–H groups in total. The Balaban J connectivity index is 1.80. The van der Waals surface area contributed by atoms with Crippen LogP contribution in [0, 0.1) is 13.8 Å². The Kier molecular flexibility index (Phi) is 6.67. The summed E-state index contributed by atoms with van der Waals surface area (Å²) in [5.41, 5.74) is 2.37. The number of rotatable bonds is 6. The fourth-order valence-electron chi connectivity index (χ4n) is 2.02. The van der Waals surface area contributed by atoms with Gasteiger partial charge in [-0.15, -0.1) is 0 Å². The number of halogens is 2. The molecule has 25 heavy (non-hydrogen) atoms. The Morgan fingerprint density at radius 2 is 1.80 bits per heavy atom. The molecule has 0 atom stereocenters. The summed E-state index contributed by atoms with van der Waals surface area (Å²) >= 11 is 11.8. The highest BCUT2D eigenvalue weighted by Crippen LogP contribution is 2.25. The third-order valence-corrected chi connectivity index (χ3v) is 3.92. The second-order valence-electron chi connectivity index (χ2n) is 5.51. The summed E-state index contributed by atoms with van der Waals surface area (Å²) in [6.45, 7) is 3.47. The fourth-order valence-corrected chi connectivity index (χ4v) is 2.36. The summed E-state index contributed by atoms with van der Waals surface area (Å²) < 4.78 is 5.48. The Hall–Kier alpha value is -2.24. The topological polar surface area (TPSA) is 67.4 Å². The molecule has 0 aliphatic rings. The van der Waals surface area contributed by atoms with Crippen molar-refractivity contribution in [3.8, 4) is 5.75 Å². The molecule has 0 saturated heterocycles. The predicted octanol–water partition coefficient (Wildman–Crippen LogP) is 3.74. The van der Waals surface area contributed by atoms with Gasteiger partial charge in [0.2, 0.25) is 5.91 Å². The predicted molar refractivity (Wildman–Crippen MR) is 99.5 cm³/mol. The molecule has 132 valence electrons. The van der Waals surface area contributed by atoms with Gasteiger partial charge in [-0.1, -0.05) is 35.3 Å². The van der Waals surface area contributed by atoms with Crippen molar-refractivity contribution < 1.29 is 14.3 Å². The fraction of sp³-hybridized carbons (Fsp3) is 0.222. The van der Waals surface area contributed by atoms with E-state index < -0.39 is 11.8 Å². The van der Waals surface area contributed by atoms with Crippen LogP contribution in [0.25, 0.3) is 0 Å². The Morgan fingerprint density at radius 3 is 2.56 bits per heavy atom. The number of hydrogen-bond acceptors (Lipinski definition) is 3. The number of nitrogens with one attached hydrogen (secondary N) is 2. The van der Waals surface area contributed by atoms with E-state index in [2.05, 4.69) is 10.6 Å². The molecule has 0 spiro atoms. The van der Waals surface area contributed by atoms with E-state index in [1.54, 1.807) is 12.1 Å². The van der Waals surface area contributed by atoms with Crippen LogP contribution in [-0.4, -0.2) is 25.0 Å². The molecule has 0 heterocycles. The van der Waals surface area contributed by atoms with Crippen LogP contribution in [0.3, 0.4) is 0 Å². The zero-order valence-electron chi connectivity index (χ0n) is 13.9. The summed E-state index contributed by atoms with van der Waals surface area (Å²) in [6, 6.07) is 10.5. The summed E-state index contributed by atoms with van der Waals surface area (Å²) in [6.07, 6.45) is 0. The van der Waals surface area contributed by atoms with Crippen molar-refractivity contribution in [2.24, 2.45) is 0 Å². The molecule has 5 nitrogen and oxygen atoms in total. The van der Waals surface area contributed by atoms with E-state index in [1.807, 2.05) is 32.0 Å². The van der Waals surface area contributed by atoms with E-state index >= 15 is 0 Å². The van der Waals surface area contributed by atoms with Crippen LogP contribution >= 0.6 is 23.2 Å². The number of anilines is 1. The third-order valence-electron chi connectivity index (χ3n) is 3.35. The molecule has 0 radical (unpaired) electrons. The number of ether oxygens (including phenoxy) is 1. The van der Waals surface area contributed by atoms with Gasteiger partial charge in [-0.3, -0.25) is 9.59 Å². The highest BCUT2D eigenvalue weighted by molar-refractivity contribution is 6.35. The molecule has 0 bridgehead atoms. The molecule has 2 amide bonds. The highest BCUT2D eigenvalue weighted by Gasteiger charge is 2.10. The molecular weight excluding hydrogens is 363 g/mol. The first kappa shape index (κ1) is 19.1. The van der Waals surface area contributed by atoms with Gasteiger partial charge in [-0.2, -0.15) is 0 Å². The number of carbonyl (C=O) groups excluding carboxylic acids is 2. The van der Waals surface area contributed by atoms with Gasteiger partial charge >= 0.3 is 0 Å². The first-order valence-corrected chi connectivity index (χ1v) is 8.32. The molecule has 0 aliphatic heterocycles. The molecule has 0 unspecified atom stereocenters. The number of benzene rings is 2. The van der Waals surface area contributed by atoms with Gasteiger partial charge in [0.15, 0.2) is 6.61 Å². The maximum absolute atomic E-state index is 11.9. The number of amides is 2. The number of aryl methyl sites for hydroxylation is 2. The number of carbonyl (C=O) groups is 2. The van der Waals surface area contributed by atoms with Crippen molar-refractivity contribution in [2.75, 3.05) is 18.5 Å². The van der Waals surface area contributed by atoms with E-state index in [-0.39, 0.29) is 13.2 Å². The molecule has 2 aromatic rings. The largest absolute Gasteiger partial charge is 0.483 e. The van der Waals surface area contributed by atoms with Crippen molar-refractivity contribution >= 4 is 40.7 Å². The lowest BCUT2D eigenvalue weighted by molar-refractivity contribution is -0.125. The zero-order chi connectivity index (χ0) is 18.4. The summed E-state index contributed by atoms with van der Waals surface area (Å²) in [5.74, 6) is -0.164. The Bertz CT molecular complexity index is 794. The van der Waals surface area contributed by atoms with E-state index in [0.717, 1.165) is 11.1 Å². The lowest BCUT2D eigenvalue weighted by Crippen LogP contribution is -2.35. The smallest absolute Gasteiger partial charge is 0.258 e. The van der Waals surface area contributed by atoms with Crippen molar-refractivity contribution in [3.63, 3.8) is 0 Å². The van der Waals surface area contributed by atoms with E-state index in [4.69, 9.17) is 27.9 Å². The second kappa shape index (κ2) is 8.74. The third kappa shape index (κ3) is 5.96. The molecule has 0 aromatic heterocycles. The lowest BCUT2D eigenvalue weighted by Gasteiger charge is -2.11. The van der Waals surface area contributed by atoms with Gasteiger partial charge in [0.1, 0.15) is 5.75 Å². The number of hydrogen-bond donors (Lipinski definition) is 2. The van der Waals surface area contributed by atoms with Crippen molar-refractivity contribution in [1.82, 2.24) is 5.32 Å². The lowest BCUT2D eigenvalue weighted by atomic mass is 10.1. The standard InChI is InChI=1S/C18H18Cl2N2O3/c1-11-3-4-12(2)16(7-11)25-10-18(24)21-9-17(23)22-15-8-13(19)5-6-14(15)20/h3-8H,9-10H2,1-2H3,(H,21,24)(H,22,23). The first-order valence-electron chi connectivity index (χ1n) is 7.57. The Labute approximate surface area is 156 Å². The summed E-state index contributed by atoms with van der Waals surface area (Å²) in [7, 11) is 0. The molecule has 0 fully saturated rings. The van der Waals surface area contributed by atoms with E-state index in [0.29, 0.717) is 21.5 Å². The normalized spacial score (nSPS) is 10.2. The highest BCUT2D eigenvalue weighted by atomic mass is 35.5. The SMILES string of the molecule is Cc1ccc(C)c(OCC(=O)NCC(=O)Nc2cc(Cl)ccc2Cl)c1. The molecule has 2 rings (SSSR count). The van der Waals surface area contributed by atoms with Crippen LogP contribution in [0.2, 0.25) is 10.0 Å². The van der Waals surface area contributed by atoms with Gasteiger partial charge in [0, 0.05) is 5.02 Å². The Morgan fingerprint density at radius 1 is 1.04 bits per heavy atom. The van der Waals surface area contributed by atoms with Crippen LogP contribution in [-0.2, 0) is 9.59 Å². The minimum atomic E-state index is -0.413. The van der Waals surface area contributed by atoms with Crippen molar-refractivity contribution in [2.45, 2.75) is 13.8 Å². The molecule has 0 aliphatic carbocycles. The van der Waals surface area contributed by atoms with E-state index in [9.17, 15) is 9.59 Å². The zero-order valence-corrected chi connectivity index (χ0v) is 15.4. The summed E-state index contributed by atoms with van der Waals surface area (Å²) in [4.78, 5) is 23.7. The van der Waals surface area contributed by atoms with Gasteiger partial charge in [-0.25, -0.2) is 0 Å².